The van der Waals surface area contributed by atoms with Crippen LogP contribution in [-0.2, 0) is 14.3 Å². The van der Waals surface area contributed by atoms with Crippen LogP contribution in [0.3, 0.4) is 0 Å². The van der Waals surface area contributed by atoms with Crippen LogP contribution in [0.15, 0.2) is 17.5 Å². The number of esters is 1. The molecule has 6 nitrogen and oxygen atoms in total. The van der Waals surface area contributed by atoms with Gasteiger partial charge in [0.15, 0.2) is 0 Å². The topological polar surface area (TPSA) is 75.7 Å². The third kappa shape index (κ3) is 5.09. The highest BCUT2D eigenvalue weighted by Crippen LogP contribution is 2.07. The third-order valence-corrected chi connectivity index (χ3v) is 3.32. The number of amides is 2. The van der Waals surface area contributed by atoms with E-state index in [0.717, 1.165) is 0 Å². The fourth-order valence-corrected chi connectivity index (χ4v) is 1.91. The Morgan fingerprint density at radius 2 is 2.16 bits per heavy atom. The van der Waals surface area contributed by atoms with Crippen LogP contribution in [0.1, 0.15) is 16.1 Å². The number of carbonyl (C=O) groups excluding carboxylic acids is 3. The molecule has 0 aromatic carbocycles. The molecule has 2 amide bonds. The summed E-state index contributed by atoms with van der Waals surface area (Å²) in [7, 11) is 2.87. The van der Waals surface area contributed by atoms with Crippen LogP contribution in [-0.4, -0.2) is 49.9 Å². The van der Waals surface area contributed by atoms with Gasteiger partial charge in [0.25, 0.3) is 5.91 Å². The van der Waals surface area contributed by atoms with Gasteiger partial charge in [-0.15, -0.1) is 11.3 Å². The van der Waals surface area contributed by atoms with Gasteiger partial charge in [-0.2, -0.15) is 0 Å². The van der Waals surface area contributed by atoms with Gasteiger partial charge in [0, 0.05) is 13.6 Å². The number of carbonyl (C=O) groups is 3. The molecule has 0 atom stereocenters. The molecule has 0 aliphatic carbocycles. The Morgan fingerprint density at radius 1 is 1.42 bits per heavy atom. The van der Waals surface area contributed by atoms with Crippen molar-refractivity contribution in [1.82, 2.24) is 10.2 Å². The fraction of sp³-hybridized carbons (Fsp3) is 0.417. The molecule has 0 aliphatic rings. The molecule has 104 valence electrons. The maximum absolute atomic E-state index is 11.7. The minimum Gasteiger partial charge on any atom is -0.469 e. The number of likely N-dealkylation sites (N-methyl/N-ethyl adjacent to an activating group) is 1. The summed E-state index contributed by atoms with van der Waals surface area (Å²) in [6.07, 6.45) is 0.137. The highest BCUT2D eigenvalue weighted by molar-refractivity contribution is 7.12. The minimum absolute atomic E-state index is 0.0889. The number of methoxy groups -OCH3 is 1. The molecule has 1 aromatic rings. The van der Waals surface area contributed by atoms with Crippen molar-refractivity contribution in [2.75, 3.05) is 27.2 Å². The first-order valence-electron chi connectivity index (χ1n) is 5.67. The van der Waals surface area contributed by atoms with Gasteiger partial charge in [0.1, 0.15) is 0 Å². The van der Waals surface area contributed by atoms with Crippen molar-refractivity contribution in [2.24, 2.45) is 0 Å². The maximum atomic E-state index is 11.7. The number of hydrogen-bond acceptors (Lipinski definition) is 5. The van der Waals surface area contributed by atoms with E-state index in [1.54, 1.807) is 24.6 Å². The first kappa shape index (κ1) is 15.2. The van der Waals surface area contributed by atoms with Crippen molar-refractivity contribution in [1.29, 1.82) is 0 Å². The third-order valence-electron chi connectivity index (χ3n) is 2.45. The Balaban J connectivity index is 2.30. The molecule has 0 radical (unpaired) electrons. The molecule has 1 aromatic heterocycles. The van der Waals surface area contributed by atoms with Crippen LogP contribution in [0, 0.1) is 0 Å². The van der Waals surface area contributed by atoms with Gasteiger partial charge in [-0.3, -0.25) is 14.4 Å². The van der Waals surface area contributed by atoms with Crippen LogP contribution >= 0.6 is 11.3 Å². The monoisotopic (exact) mass is 284 g/mol. The number of ether oxygens (including phenoxy) is 1. The molecular formula is C12H16N2O4S. The van der Waals surface area contributed by atoms with E-state index in [1.165, 1.54) is 23.3 Å². The highest BCUT2D eigenvalue weighted by Gasteiger charge is 2.13. The molecule has 0 spiro atoms. The Labute approximate surface area is 115 Å². The lowest BCUT2D eigenvalue weighted by Gasteiger charge is -2.16. The lowest BCUT2D eigenvalue weighted by molar-refractivity contribution is -0.141. The molecule has 0 bridgehead atoms. The molecule has 0 fully saturated rings. The van der Waals surface area contributed by atoms with Gasteiger partial charge >= 0.3 is 5.97 Å². The van der Waals surface area contributed by atoms with Crippen molar-refractivity contribution in [2.45, 2.75) is 6.42 Å². The van der Waals surface area contributed by atoms with E-state index in [4.69, 9.17) is 0 Å². The lowest BCUT2D eigenvalue weighted by atomic mass is 10.3. The van der Waals surface area contributed by atoms with Crippen LogP contribution < -0.4 is 5.32 Å². The summed E-state index contributed by atoms with van der Waals surface area (Å²) in [5.74, 6) is -0.902. The van der Waals surface area contributed by atoms with Crippen LogP contribution in [0.5, 0.6) is 0 Å². The van der Waals surface area contributed by atoms with Crippen molar-refractivity contribution in [3.8, 4) is 0 Å². The lowest BCUT2D eigenvalue weighted by Crippen LogP contribution is -2.38. The number of nitrogens with zero attached hydrogens (tertiary/aromatic N) is 1. The zero-order chi connectivity index (χ0) is 14.3. The molecule has 7 heteroatoms. The molecule has 1 heterocycles. The van der Waals surface area contributed by atoms with Gasteiger partial charge in [-0.05, 0) is 11.4 Å². The fourth-order valence-electron chi connectivity index (χ4n) is 1.27. The second-order valence-electron chi connectivity index (χ2n) is 3.80. The number of thiophene rings is 1. The quantitative estimate of drug-likeness (QED) is 0.772. The van der Waals surface area contributed by atoms with Gasteiger partial charge in [0.2, 0.25) is 5.91 Å². The zero-order valence-electron chi connectivity index (χ0n) is 10.8. The minimum atomic E-state index is -0.373. The van der Waals surface area contributed by atoms with Crippen molar-refractivity contribution in [3.63, 3.8) is 0 Å². The normalized spacial score (nSPS) is 9.79. The number of nitrogens with one attached hydrogen (secondary N) is 1. The first-order chi connectivity index (χ1) is 9.04. The smallest absolute Gasteiger partial charge is 0.307 e. The van der Waals surface area contributed by atoms with Crippen molar-refractivity contribution >= 4 is 29.1 Å². The summed E-state index contributed by atoms with van der Waals surface area (Å²) in [6.45, 7) is 0.175. The number of hydrogen-bond donors (Lipinski definition) is 1. The summed E-state index contributed by atoms with van der Waals surface area (Å²) in [5.41, 5.74) is 0. The molecule has 0 saturated heterocycles. The molecule has 1 N–H and O–H groups in total. The van der Waals surface area contributed by atoms with E-state index >= 15 is 0 Å². The van der Waals surface area contributed by atoms with E-state index in [-0.39, 0.29) is 37.3 Å². The second-order valence-corrected chi connectivity index (χ2v) is 4.75. The SMILES string of the molecule is COC(=O)CCN(C)C(=O)CNC(=O)c1cccs1. The molecule has 0 unspecified atom stereocenters. The van der Waals surface area contributed by atoms with Gasteiger partial charge in [-0.25, -0.2) is 0 Å². The summed E-state index contributed by atoms with van der Waals surface area (Å²) < 4.78 is 4.48. The summed E-state index contributed by atoms with van der Waals surface area (Å²) in [6, 6.07) is 3.45. The molecule has 19 heavy (non-hydrogen) atoms. The average Bonchev–Trinajstić information content (AvgIpc) is 2.95. The van der Waals surface area contributed by atoms with Crippen molar-refractivity contribution in [3.05, 3.63) is 22.4 Å². The van der Waals surface area contributed by atoms with Gasteiger partial charge < -0.3 is 15.0 Å². The number of rotatable bonds is 6. The van der Waals surface area contributed by atoms with Crippen LogP contribution in [0.4, 0.5) is 0 Å². The molecular weight excluding hydrogens is 268 g/mol. The van der Waals surface area contributed by atoms with E-state index < -0.39 is 0 Å². The van der Waals surface area contributed by atoms with Crippen LogP contribution in [0.2, 0.25) is 0 Å². The second kappa shape index (κ2) is 7.52. The Morgan fingerprint density at radius 3 is 2.74 bits per heavy atom. The van der Waals surface area contributed by atoms with E-state index in [9.17, 15) is 14.4 Å². The van der Waals surface area contributed by atoms with Gasteiger partial charge in [0.05, 0.1) is 25.0 Å². The standard InChI is InChI=1S/C12H16N2O4S/c1-14(6-5-11(16)18-2)10(15)8-13-12(17)9-4-3-7-19-9/h3-4,7H,5-6,8H2,1-2H3,(H,13,17). The molecule has 1 rings (SSSR count). The van der Waals surface area contributed by atoms with E-state index in [1.807, 2.05) is 0 Å². The Hall–Kier alpha value is -1.89. The van der Waals surface area contributed by atoms with Crippen molar-refractivity contribution < 1.29 is 19.1 Å². The first-order valence-corrected chi connectivity index (χ1v) is 6.55. The van der Waals surface area contributed by atoms with E-state index in [2.05, 4.69) is 10.1 Å². The predicted molar refractivity (Wildman–Crippen MR) is 70.9 cm³/mol. The Bertz CT molecular complexity index is 445. The molecule has 0 saturated carbocycles. The highest BCUT2D eigenvalue weighted by atomic mass is 32.1. The average molecular weight is 284 g/mol. The summed E-state index contributed by atoms with van der Waals surface area (Å²) in [4.78, 5) is 36.2. The largest absolute Gasteiger partial charge is 0.469 e. The molecule has 0 aliphatic heterocycles. The van der Waals surface area contributed by atoms with Crippen LogP contribution in [0.25, 0.3) is 0 Å². The predicted octanol–water partition coefficient (Wildman–Crippen LogP) is 0.499. The summed E-state index contributed by atoms with van der Waals surface area (Å²) >= 11 is 1.31. The zero-order valence-corrected chi connectivity index (χ0v) is 11.7. The van der Waals surface area contributed by atoms with Gasteiger partial charge in [-0.1, -0.05) is 6.07 Å². The Kier molecular flexibility index (Phi) is 6.01. The maximum Gasteiger partial charge on any atom is 0.307 e. The summed E-state index contributed by atoms with van der Waals surface area (Å²) in [5, 5.41) is 4.32. The van der Waals surface area contributed by atoms with E-state index in [0.29, 0.717) is 4.88 Å².